The van der Waals surface area contributed by atoms with Crippen LogP contribution < -0.4 is 10.3 Å². The van der Waals surface area contributed by atoms with Crippen LogP contribution in [0.25, 0.3) is 0 Å². The predicted octanol–water partition coefficient (Wildman–Crippen LogP) is 4.11. The third-order valence-corrected chi connectivity index (χ3v) is 3.84. The van der Waals surface area contributed by atoms with Crippen molar-refractivity contribution < 1.29 is 9.90 Å². The molecule has 2 rings (SSSR count). The Balaban J connectivity index is 1.95. The van der Waals surface area contributed by atoms with Crippen molar-refractivity contribution in [3.8, 4) is 0 Å². The summed E-state index contributed by atoms with van der Waals surface area (Å²) in [5.41, 5.74) is 5.83. The highest BCUT2D eigenvalue weighted by Crippen LogP contribution is 2.15. The summed E-state index contributed by atoms with van der Waals surface area (Å²) >= 11 is 11.6. The van der Waals surface area contributed by atoms with Gasteiger partial charge in [-0.05, 0) is 42.0 Å². The predicted molar refractivity (Wildman–Crippen MR) is 105 cm³/mol. The fourth-order valence-corrected chi connectivity index (χ4v) is 2.62. The molecule has 0 aliphatic heterocycles. The molecule has 0 amide bonds. The minimum atomic E-state index is -0.951. The molecule has 0 aliphatic carbocycles. The lowest BCUT2D eigenvalue weighted by molar-refractivity contribution is 0.0697. The van der Waals surface area contributed by atoms with Gasteiger partial charge in [0.1, 0.15) is 0 Å². The molecule has 0 saturated carbocycles. The summed E-state index contributed by atoms with van der Waals surface area (Å²) in [7, 11) is 0. The van der Waals surface area contributed by atoms with E-state index in [-0.39, 0.29) is 5.56 Å². The Bertz CT molecular complexity index is 697. The van der Waals surface area contributed by atoms with Gasteiger partial charge >= 0.3 is 5.97 Å². The normalized spacial score (nSPS) is 10.8. The van der Waals surface area contributed by atoms with Crippen molar-refractivity contribution in [1.29, 1.82) is 0 Å². The van der Waals surface area contributed by atoms with Gasteiger partial charge in [0.15, 0.2) is 0 Å². The van der Waals surface area contributed by atoms with Crippen LogP contribution in [0.1, 0.15) is 15.9 Å². The van der Waals surface area contributed by atoms with Gasteiger partial charge in [0.25, 0.3) is 0 Å². The number of aromatic carboxylic acids is 1. The van der Waals surface area contributed by atoms with Gasteiger partial charge in [0.2, 0.25) is 0 Å². The molecule has 132 valence electrons. The molecule has 5 nitrogen and oxygen atoms in total. The van der Waals surface area contributed by atoms with E-state index >= 15 is 0 Å². The van der Waals surface area contributed by atoms with Gasteiger partial charge in [-0.25, -0.2) is 4.79 Å². The monoisotopic (exact) mass is 379 g/mol. The first-order chi connectivity index (χ1) is 12.1. The van der Waals surface area contributed by atoms with Gasteiger partial charge in [0.05, 0.1) is 17.5 Å². The highest BCUT2D eigenvalue weighted by molar-refractivity contribution is 6.18. The van der Waals surface area contributed by atoms with Crippen LogP contribution in [-0.4, -0.2) is 42.1 Å². The quantitative estimate of drug-likeness (QED) is 0.390. The molecule has 0 fully saturated rings. The van der Waals surface area contributed by atoms with Crippen LogP contribution in [0.3, 0.4) is 0 Å². The molecule has 0 atom stereocenters. The minimum absolute atomic E-state index is 0.239. The molecule has 0 bridgehead atoms. The van der Waals surface area contributed by atoms with E-state index in [2.05, 4.69) is 15.4 Å². The van der Waals surface area contributed by atoms with Crippen LogP contribution in [0.4, 0.5) is 11.4 Å². The van der Waals surface area contributed by atoms with Gasteiger partial charge in [-0.15, -0.1) is 23.2 Å². The van der Waals surface area contributed by atoms with Crippen LogP contribution in [0.15, 0.2) is 53.6 Å². The van der Waals surface area contributed by atoms with Crippen LogP contribution in [0.2, 0.25) is 0 Å². The van der Waals surface area contributed by atoms with Crippen molar-refractivity contribution in [3.05, 3.63) is 59.7 Å². The van der Waals surface area contributed by atoms with Crippen LogP contribution in [0.5, 0.6) is 0 Å². The second-order valence-electron chi connectivity index (χ2n) is 5.21. The van der Waals surface area contributed by atoms with Crippen LogP contribution in [0, 0.1) is 0 Å². The summed E-state index contributed by atoms with van der Waals surface area (Å²) in [5, 5.41) is 13.0. The maximum atomic E-state index is 10.8. The van der Waals surface area contributed by atoms with E-state index in [1.54, 1.807) is 18.3 Å². The van der Waals surface area contributed by atoms with E-state index < -0.39 is 5.97 Å². The Hall–Kier alpha value is -2.24. The number of carbonyl (C=O) groups is 1. The molecule has 7 heteroatoms. The van der Waals surface area contributed by atoms with Crippen LogP contribution in [-0.2, 0) is 0 Å². The van der Waals surface area contributed by atoms with Gasteiger partial charge in [-0.1, -0.05) is 12.1 Å². The van der Waals surface area contributed by atoms with E-state index in [4.69, 9.17) is 28.3 Å². The van der Waals surface area contributed by atoms with Gasteiger partial charge < -0.3 is 10.0 Å². The van der Waals surface area contributed by atoms with E-state index in [1.165, 1.54) is 12.1 Å². The van der Waals surface area contributed by atoms with Gasteiger partial charge in [-0.3, -0.25) is 5.43 Å². The van der Waals surface area contributed by atoms with E-state index in [1.807, 2.05) is 24.3 Å². The van der Waals surface area contributed by atoms with Crippen molar-refractivity contribution in [2.45, 2.75) is 0 Å². The summed E-state index contributed by atoms with van der Waals surface area (Å²) in [6.45, 7) is 1.49. The highest BCUT2D eigenvalue weighted by atomic mass is 35.5. The van der Waals surface area contributed by atoms with E-state index in [0.29, 0.717) is 17.4 Å². The van der Waals surface area contributed by atoms with Crippen molar-refractivity contribution >= 4 is 46.8 Å². The minimum Gasteiger partial charge on any atom is -0.478 e. The van der Waals surface area contributed by atoms with Crippen molar-refractivity contribution in [2.75, 3.05) is 35.2 Å². The van der Waals surface area contributed by atoms with Crippen molar-refractivity contribution in [1.82, 2.24) is 0 Å². The number of benzene rings is 2. The topological polar surface area (TPSA) is 64.9 Å². The Kier molecular flexibility index (Phi) is 7.57. The average Bonchev–Trinajstić information content (AvgIpc) is 2.62. The molecule has 2 aromatic rings. The molecule has 0 saturated heterocycles. The number of hydrazone groups is 1. The smallest absolute Gasteiger partial charge is 0.335 e. The molecule has 0 heterocycles. The van der Waals surface area contributed by atoms with Crippen molar-refractivity contribution in [2.24, 2.45) is 5.10 Å². The summed E-state index contributed by atoms with van der Waals surface area (Å²) in [6.07, 6.45) is 1.70. The zero-order chi connectivity index (χ0) is 18.1. The lowest BCUT2D eigenvalue weighted by Crippen LogP contribution is -2.27. The molecular formula is C18H19Cl2N3O2. The Morgan fingerprint density at radius 2 is 1.64 bits per heavy atom. The number of hydrogen-bond acceptors (Lipinski definition) is 4. The summed E-state index contributed by atoms with van der Waals surface area (Å²) < 4.78 is 0. The first-order valence-electron chi connectivity index (χ1n) is 7.73. The average molecular weight is 380 g/mol. The summed E-state index contributed by atoms with van der Waals surface area (Å²) in [5.74, 6) is 0.141. The SMILES string of the molecule is O=C(O)c1ccc(NN=Cc2ccc(N(CCCl)CCCl)cc2)cc1. The molecule has 2 aromatic carbocycles. The second kappa shape index (κ2) is 9.91. The number of rotatable bonds is 9. The number of hydrogen-bond donors (Lipinski definition) is 2. The van der Waals surface area contributed by atoms with Crippen molar-refractivity contribution in [3.63, 3.8) is 0 Å². The third-order valence-electron chi connectivity index (χ3n) is 3.51. The van der Waals surface area contributed by atoms with Gasteiger partial charge in [0, 0.05) is 30.5 Å². The third kappa shape index (κ3) is 5.96. The zero-order valence-electron chi connectivity index (χ0n) is 13.5. The first kappa shape index (κ1) is 19.1. The number of nitrogens with zero attached hydrogens (tertiary/aromatic N) is 2. The number of alkyl halides is 2. The fraction of sp³-hybridized carbons (Fsp3) is 0.222. The number of carboxylic acid groups (broad SMARTS) is 1. The maximum Gasteiger partial charge on any atom is 0.335 e. The molecule has 0 spiro atoms. The van der Waals surface area contributed by atoms with E-state index in [9.17, 15) is 4.79 Å². The lowest BCUT2D eigenvalue weighted by atomic mass is 10.2. The molecule has 0 unspecified atom stereocenters. The Morgan fingerprint density at radius 1 is 1.04 bits per heavy atom. The molecule has 0 aliphatic rings. The fourth-order valence-electron chi connectivity index (χ4n) is 2.21. The number of anilines is 2. The first-order valence-corrected chi connectivity index (χ1v) is 8.80. The molecular weight excluding hydrogens is 361 g/mol. The molecule has 0 aromatic heterocycles. The zero-order valence-corrected chi connectivity index (χ0v) is 15.0. The number of halogens is 2. The standard InChI is InChI=1S/C18H19Cl2N3O2/c19-9-11-23(12-10-20)17-7-1-14(2-8-17)13-21-22-16-5-3-15(4-6-16)18(24)25/h1-8,13,22H,9-12H2,(H,24,25). The number of carboxylic acids is 1. The largest absolute Gasteiger partial charge is 0.478 e. The molecule has 2 N–H and O–H groups in total. The Labute approximate surface area is 156 Å². The van der Waals surface area contributed by atoms with E-state index in [0.717, 1.165) is 24.3 Å². The highest BCUT2D eigenvalue weighted by Gasteiger charge is 2.04. The lowest BCUT2D eigenvalue weighted by Gasteiger charge is -2.22. The summed E-state index contributed by atoms with van der Waals surface area (Å²) in [4.78, 5) is 12.9. The summed E-state index contributed by atoms with van der Waals surface area (Å²) in [6, 6.07) is 14.3. The Morgan fingerprint density at radius 3 is 2.16 bits per heavy atom. The van der Waals surface area contributed by atoms with Gasteiger partial charge in [-0.2, -0.15) is 5.10 Å². The second-order valence-corrected chi connectivity index (χ2v) is 5.96. The number of nitrogens with one attached hydrogen (secondary N) is 1. The molecule has 0 radical (unpaired) electrons. The maximum absolute atomic E-state index is 10.8. The van der Waals surface area contributed by atoms with Crippen LogP contribution >= 0.6 is 23.2 Å². The molecule has 25 heavy (non-hydrogen) atoms.